The predicted octanol–water partition coefficient (Wildman–Crippen LogP) is 4.47. The van der Waals surface area contributed by atoms with Crippen LogP contribution in [-0.2, 0) is 11.3 Å². The summed E-state index contributed by atoms with van der Waals surface area (Å²) in [4.78, 5) is 15.2. The van der Waals surface area contributed by atoms with Crippen molar-refractivity contribution < 1.29 is 4.79 Å². The highest BCUT2D eigenvalue weighted by molar-refractivity contribution is 5.79. The van der Waals surface area contributed by atoms with Gasteiger partial charge in [0.15, 0.2) is 0 Å². The minimum atomic E-state index is 0.120. The zero-order chi connectivity index (χ0) is 18.4. The second-order valence-corrected chi connectivity index (χ2v) is 7.42. The molecular weight excluding hydrogens is 320 g/mol. The summed E-state index contributed by atoms with van der Waals surface area (Å²) in [6.07, 6.45) is 2.81. The number of rotatable bonds is 6. The van der Waals surface area contributed by atoms with Crippen LogP contribution in [-0.4, -0.2) is 23.9 Å². The first-order chi connectivity index (χ1) is 12.7. The summed E-state index contributed by atoms with van der Waals surface area (Å²) < 4.78 is 0. The maximum Gasteiger partial charge on any atom is 0.223 e. The van der Waals surface area contributed by atoms with Gasteiger partial charge in [0, 0.05) is 12.5 Å². The molecule has 0 bridgehead atoms. The van der Waals surface area contributed by atoms with Crippen molar-refractivity contribution in [1.82, 2.24) is 10.2 Å². The van der Waals surface area contributed by atoms with Gasteiger partial charge in [-0.25, -0.2) is 0 Å². The first-order valence-corrected chi connectivity index (χ1v) is 9.79. The van der Waals surface area contributed by atoms with Crippen LogP contribution in [0.3, 0.4) is 0 Å². The standard InChI is InChI=1S/C23H30N2O/c1-3-22(20-7-5-4-6-8-20)24-23(26)21-13-15-25(16-14-21)17-19-11-9-18(2)10-12-19/h4-12,21-22H,3,13-17H2,1-2H3,(H,24,26). The summed E-state index contributed by atoms with van der Waals surface area (Å²) in [6, 6.07) is 19.2. The van der Waals surface area contributed by atoms with E-state index in [-0.39, 0.29) is 17.9 Å². The van der Waals surface area contributed by atoms with Crippen LogP contribution in [0.4, 0.5) is 0 Å². The van der Waals surface area contributed by atoms with Gasteiger partial charge in [-0.1, -0.05) is 67.1 Å². The number of carbonyl (C=O) groups is 1. The van der Waals surface area contributed by atoms with E-state index < -0.39 is 0 Å². The lowest BCUT2D eigenvalue weighted by Gasteiger charge is -2.32. The number of carbonyl (C=O) groups excluding carboxylic acids is 1. The zero-order valence-electron chi connectivity index (χ0n) is 15.9. The SMILES string of the molecule is CCC(NC(=O)C1CCN(Cc2ccc(C)cc2)CC1)c1ccccc1. The van der Waals surface area contributed by atoms with Crippen LogP contribution in [0.2, 0.25) is 0 Å². The lowest BCUT2D eigenvalue weighted by atomic mass is 9.94. The van der Waals surface area contributed by atoms with E-state index in [0.29, 0.717) is 0 Å². The molecule has 0 aliphatic carbocycles. The van der Waals surface area contributed by atoms with Crippen molar-refractivity contribution in [1.29, 1.82) is 0 Å². The van der Waals surface area contributed by atoms with Crippen molar-refractivity contribution in [2.75, 3.05) is 13.1 Å². The lowest BCUT2D eigenvalue weighted by molar-refractivity contribution is -0.127. The molecule has 1 aliphatic heterocycles. The topological polar surface area (TPSA) is 32.3 Å². The van der Waals surface area contributed by atoms with Gasteiger partial charge in [0.25, 0.3) is 0 Å². The van der Waals surface area contributed by atoms with Gasteiger partial charge in [-0.2, -0.15) is 0 Å². The monoisotopic (exact) mass is 350 g/mol. The molecule has 1 amide bonds. The van der Waals surface area contributed by atoms with Crippen molar-refractivity contribution in [2.45, 2.75) is 45.7 Å². The molecule has 3 heteroatoms. The maximum absolute atomic E-state index is 12.7. The molecule has 0 spiro atoms. The highest BCUT2D eigenvalue weighted by Crippen LogP contribution is 2.22. The summed E-state index contributed by atoms with van der Waals surface area (Å²) in [7, 11) is 0. The largest absolute Gasteiger partial charge is 0.349 e. The molecular formula is C23H30N2O. The molecule has 0 aromatic heterocycles. The molecule has 1 atom stereocenters. The number of nitrogens with one attached hydrogen (secondary N) is 1. The Hall–Kier alpha value is -2.13. The van der Waals surface area contributed by atoms with Gasteiger partial charge in [-0.05, 0) is 50.4 Å². The van der Waals surface area contributed by atoms with Crippen LogP contribution >= 0.6 is 0 Å². The van der Waals surface area contributed by atoms with Gasteiger partial charge >= 0.3 is 0 Å². The van der Waals surface area contributed by atoms with E-state index in [1.807, 2.05) is 18.2 Å². The minimum absolute atomic E-state index is 0.120. The van der Waals surface area contributed by atoms with E-state index in [1.54, 1.807) is 0 Å². The Bertz CT molecular complexity index is 688. The summed E-state index contributed by atoms with van der Waals surface area (Å²) in [5, 5.41) is 3.27. The number of amides is 1. The van der Waals surface area contributed by atoms with Gasteiger partial charge in [0.2, 0.25) is 5.91 Å². The number of hydrogen-bond donors (Lipinski definition) is 1. The third kappa shape index (κ3) is 4.95. The predicted molar refractivity (Wildman–Crippen MR) is 107 cm³/mol. The highest BCUT2D eigenvalue weighted by Gasteiger charge is 2.26. The van der Waals surface area contributed by atoms with Crippen LogP contribution in [0.5, 0.6) is 0 Å². The van der Waals surface area contributed by atoms with Gasteiger partial charge in [-0.15, -0.1) is 0 Å². The van der Waals surface area contributed by atoms with Gasteiger partial charge in [0.05, 0.1) is 6.04 Å². The Morgan fingerprint density at radius 2 is 1.73 bits per heavy atom. The molecule has 0 radical (unpaired) electrons. The molecule has 26 heavy (non-hydrogen) atoms. The molecule has 3 nitrogen and oxygen atoms in total. The van der Waals surface area contributed by atoms with Gasteiger partial charge in [0.1, 0.15) is 0 Å². The zero-order valence-corrected chi connectivity index (χ0v) is 15.9. The summed E-state index contributed by atoms with van der Waals surface area (Å²) in [6.45, 7) is 7.22. The quantitative estimate of drug-likeness (QED) is 0.833. The van der Waals surface area contributed by atoms with E-state index in [1.165, 1.54) is 16.7 Å². The van der Waals surface area contributed by atoms with Crippen LogP contribution in [0.25, 0.3) is 0 Å². The smallest absolute Gasteiger partial charge is 0.223 e. The summed E-state index contributed by atoms with van der Waals surface area (Å²) >= 11 is 0. The Kier molecular flexibility index (Phi) is 6.45. The third-order valence-corrected chi connectivity index (χ3v) is 5.41. The normalized spacial score (nSPS) is 17.0. The van der Waals surface area contributed by atoms with E-state index in [2.05, 4.69) is 60.5 Å². The number of hydrogen-bond acceptors (Lipinski definition) is 2. The highest BCUT2D eigenvalue weighted by atomic mass is 16.1. The number of piperidine rings is 1. The molecule has 1 unspecified atom stereocenters. The number of nitrogens with zero attached hydrogens (tertiary/aromatic N) is 1. The number of benzene rings is 2. The summed E-state index contributed by atoms with van der Waals surface area (Å²) in [5.74, 6) is 0.359. The molecule has 1 aliphatic rings. The molecule has 2 aromatic rings. The molecule has 2 aromatic carbocycles. The van der Waals surface area contributed by atoms with Crippen molar-refractivity contribution in [3.63, 3.8) is 0 Å². The van der Waals surface area contributed by atoms with Crippen LogP contribution in [0.1, 0.15) is 48.9 Å². The Labute approximate surface area is 157 Å². The van der Waals surface area contributed by atoms with Gasteiger partial charge < -0.3 is 5.32 Å². The van der Waals surface area contributed by atoms with E-state index in [4.69, 9.17) is 0 Å². The fraction of sp³-hybridized carbons (Fsp3) is 0.435. The maximum atomic E-state index is 12.7. The van der Waals surface area contributed by atoms with Gasteiger partial charge in [-0.3, -0.25) is 9.69 Å². The van der Waals surface area contributed by atoms with Crippen molar-refractivity contribution in [3.05, 3.63) is 71.3 Å². The first kappa shape index (κ1) is 18.7. The van der Waals surface area contributed by atoms with Crippen LogP contribution < -0.4 is 5.32 Å². The van der Waals surface area contributed by atoms with E-state index >= 15 is 0 Å². The number of likely N-dealkylation sites (tertiary alicyclic amines) is 1. The fourth-order valence-electron chi connectivity index (χ4n) is 3.70. The second kappa shape index (κ2) is 9.00. The third-order valence-electron chi connectivity index (χ3n) is 5.41. The molecule has 1 fully saturated rings. The van der Waals surface area contributed by atoms with Crippen LogP contribution in [0, 0.1) is 12.8 Å². The van der Waals surface area contributed by atoms with Crippen molar-refractivity contribution in [2.24, 2.45) is 5.92 Å². The van der Waals surface area contributed by atoms with E-state index in [0.717, 1.165) is 38.9 Å². The molecule has 1 saturated heterocycles. The Balaban J connectivity index is 1.49. The first-order valence-electron chi connectivity index (χ1n) is 9.79. The molecule has 1 heterocycles. The Morgan fingerprint density at radius 1 is 1.08 bits per heavy atom. The molecule has 3 rings (SSSR count). The molecule has 138 valence electrons. The minimum Gasteiger partial charge on any atom is -0.349 e. The number of aryl methyl sites for hydroxylation is 1. The average Bonchev–Trinajstić information content (AvgIpc) is 2.69. The van der Waals surface area contributed by atoms with Crippen molar-refractivity contribution >= 4 is 5.91 Å². The lowest BCUT2D eigenvalue weighted by Crippen LogP contribution is -2.41. The molecule has 0 saturated carbocycles. The summed E-state index contributed by atoms with van der Waals surface area (Å²) in [5.41, 5.74) is 3.85. The Morgan fingerprint density at radius 3 is 2.35 bits per heavy atom. The van der Waals surface area contributed by atoms with Crippen molar-refractivity contribution in [3.8, 4) is 0 Å². The second-order valence-electron chi connectivity index (χ2n) is 7.42. The van der Waals surface area contributed by atoms with E-state index in [9.17, 15) is 4.79 Å². The fourth-order valence-corrected chi connectivity index (χ4v) is 3.70. The average molecular weight is 351 g/mol. The molecule has 1 N–H and O–H groups in total. The van der Waals surface area contributed by atoms with Crippen LogP contribution in [0.15, 0.2) is 54.6 Å².